The Morgan fingerprint density at radius 3 is 2.51 bits per heavy atom. The molecule has 5 heterocycles. The third-order valence-electron chi connectivity index (χ3n) is 9.04. The monoisotopic (exact) mass is 626 g/mol. The van der Waals surface area contributed by atoms with Crippen molar-refractivity contribution in [3.05, 3.63) is 29.0 Å². The zero-order valence-electron chi connectivity index (χ0n) is 24.6. The van der Waals surface area contributed by atoms with Crippen LogP contribution in [0.25, 0.3) is 11.0 Å². The smallest absolute Gasteiger partial charge is 0.416 e. The van der Waals surface area contributed by atoms with Crippen molar-refractivity contribution < 1.29 is 32.6 Å². The number of carbonyl (C=O) groups is 3. The number of hydrogen-bond acceptors (Lipinski definition) is 11. The number of fused-ring (bicyclic) bond motifs is 3. The van der Waals surface area contributed by atoms with Crippen molar-refractivity contribution in [3.63, 3.8) is 0 Å². The van der Waals surface area contributed by atoms with Gasteiger partial charge < -0.3 is 30.3 Å². The lowest BCUT2D eigenvalue weighted by molar-refractivity contribution is -0.128. The minimum atomic E-state index is -0.691. The highest BCUT2D eigenvalue weighted by atomic mass is 19.1. The topological polar surface area (TPSA) is 174 Å². The molecule has 0 bridgehead atoms. The van der Waals surface area contributed by atoms with Gasteiger partial charge in [-0.05, 0) is 29.9 Å². The molecule has 3 aliphatic heterocycles. The number of carbonyl (C=O) groups excluding carboxylic acids is 3. The van der Waals surface area contributed by atoms with E-state index >= 15 is 8.78 Å². The highest BCUT2D eigenvalue weighted by Crippen LogP contribution is 2.39. The predicted molar refractivity (Wildman–Crippen MR) is 153 cm³/mol. The van der Waals surface area contributed by atoms with Crippen molar-refractivity contribution in [2.45, 2.75) is 37.8 Å². The van der Waals surface area contributed by atoms with Gasteiger partial charge in [0.2, 0.25) is 5.91 Å². The summed E-state index contributed by atoms with van der Waals surface area (Å²) in [5.74, 6) is -1.07. The van der Waals surface area contributed by atoms with Crippen LogP contribution >= 0.6 is 0 Å². The number of amides is 3. The SMILES string of the molecule is CN(CCn1nc2c(F)c3c(c(F)c2n1)CC(CN1CCC2(CC1)CN(c1cnc4c(n1)NC(=O)CO4)C(=O)O2)C3)C(=O)CN. The van der Waals surface area contributed by atoms with E-state index in [9.17, 15) is 14.4 Å². The lowest BCUT2D eigenvalue weighted by atomic mass is 9.90. The van der Waals surface area contributed by atoms with Crippen molar-refractivity contribution in [1.82, 2.24) is 34.8 Å². The molecule has 17 heteroatoms. The highest BCUT2D eigenvalue weighted by molar-refractivity contribution is 5.95. The maximum atomic E-state index is 15.6. The Bertz CT molecular complexity index is 1660. The summed E-state index contributed by atoms with van der Waals surface area (Å²) >= 11 is 0. The zero-order valence-corrected chi connectivity index (χ0v) is 24.6. The van der Waals surface area contributed by atoms with Crippen molar-refractivity contribution >= 4 is 40.6 Å². The first-order valence-corrected chi connectivity index (χ1v) is 14.8. The molecule has 3 aromatic rings. The van der Waals surface area contributed by atoms with Gasteiger partial charge in [0.1, 0.15) is 5.60 Å². The number of halogens is 2. The van der Waals surface area contributed by atoms with Crippen molar-refractivity contribution in [2.75, 3.05) is 63.1 Å². The first-order chi connectivity index (χ1) is 21.6. The third kappa shape index (κ3) is 5.28. The van der Waals surface area contributed by atoms with Gasteiger partial charge in [-0.1, -0.05) is 0 Å². The number of anilines is 2. The number of likely N-dealkylation sites (N-methyl/N-ethyl adjacent to an activating group) is 1. The maximum absolute atomic E-state index is 15.6. The van der Waals surface area contributed by atoms with Crippen LogP contribution in [0.4, 0.5) is 25.2 Å². The van der Waals surface area contributed by atoms with Gasteiger partial charge in [0, 0.05) is 46.1 Å². The van der Waals surface area contributed by atoms with Crippen LogP contribution < -0.4 is 20.7 Å². The van der Waals surface area contributed by atoms with Gasteiger partial charge in [0.25, 0.3) is 11.8 Å². The Labute approximate surface area is 255 Å². The normalized spacial score (nSPS) is 19.4. The molecule has 15 nitrogen and oxygen atoms in total. The molecule has 2 fully saturated rings. The van der Waals surface area contributed by atoms with Crippen molar-refractivity contribution in [3.8, 4) is 5.88 Å². The van der Waals surface area contributed by atoms with Crippen LogP contribution in [0.5, 0.6) is 5.88 Å². The molecule has 3 amide bonds. The molecule has 45 heavy (non-hydrogen) atoms. The van der Waals surface area contributed by atoms with Gasteiger partial charge in [-0.15, -0.1) is 0 Å². The largest absolute Gasteiger partial charge is 0.465 e. The van der Waals surface area contributed by atoms with Crippen LogP contribution in [0.1, 0.15) is 24.0 Å². The van der Waals surface area contributed by atoms with Gasteiger partial charge in [-0.25, -0.2) is 23.5 Å². The first kappa shape index (κ1) is 29.2. The second-order valence-corrected chi connectivity index (χ2v) is 12.0. The summed E-state index contributed by atoms with van der Waals surface area (Å²) < 4.78 is 42.2. The van der Waals surface area contributed by atoms with Crippen molar-refractivity contribution in [2.24, 2.45) is 11.7 Å². The van der Waals surface area contributed by atoms with Crippen molar-refractivity contribution in [1.29, 1.82) is 0 Å². The number of nitrogens with zero attached hydrogens (tertiary/aromatic N) is 8. The number of benzene rings is 1. The van der Waals surface area contributed by atoms with Crippen LogP contribution in [0, 0.1) is 17.6 Å². The summed E-state index contributed by atoms with van der Waals surface area (Å²) in [5.41, 5.74) is 5.16. The average Bonchev–Trinajstić information content (AvgIpc) is 3.75. The van der Waals surface area contributed by atoms with Gasteiger partial charge in [-0.2, -0.15) is 15.0 Å². The molecule has 1 aromatic carbocycles. The van der Waals surface area contributed by atoms with Gasteiger partial charge in [-0.3, -0.25) is 14.5 Å². The summed E-state index contributed by atoms with van der Waals surface area (Å²) in [6.07, 6.45) is 2.83. The second kappa shape index (κ2) is 11.1. The Morgan fingerprint density at radius 2 is 1.84 bits per heavy atom. The Morgan fingerprint density at radius 1 is 1.16 bits per heavy atom. The third-order valence-corrected chi connectivity index (χ3v) is 9.04. The molecular formula is C28H32F2N10O5. The molecule has 2 saturated heterocycles. The summed E-state index contributed by atoms with van der Waals surface area (Å²) in [6, 6.07) is 0. The number of piperidine rings is 1. The van der Waals surface area contributed by atoms with Crippen LogP contribution in [0.3, 0.4) is 0 Å². The van der Waals surface area contributed by atoms with Gasteiger partial charge in [0.05, 0.1) is 25.8 Å². The standard InChI is InChI=1S/C28H32F2N10O5/c1-37(20(42)10-31)6-7-40-35-23-21(29)16-8-15(9-17(16)22(30)24(23)36-40)12-38-4-2-28(3-5-38)14-39(27(43)45-28)18-11-32-26-25(33-18)34-19(41)13-44-26/h11,15H,2-10,12-14,31H2,1H3,(H,33,34,41). The minimum absolute atomic E-state index is 0.0124. The minimum Gasteiger partial charge on any atom is -0.465 e. The number of likely N-dealkylation sites (tertiary alicyclic amines) is 1. The van der Waals surface area contributed by atoms with E-state index in [2.05, 4.69) is 30.4 Å². The Balaban J connectivity index is 0.968. The van der Waals surface area contributed by atoms with Crippen LogP contribution in [0.15, 0.2) is 6.20 Å². The molecule has 238 valence electrons. The fourth-order valence-electron chi connectivity index (χ4n) is 6.57. The highest BCUT2D eigenvalue weighted by Gasteiger charge is 2.48. The quantitative estimate of drug-likeness (QED) is 0.373. The fourth-order valence-corrected chi connectivity index (χ4v) is 6.57. The molecule has 1 aliphatic carbocycles. The Kier molecular flexibility index (Phi) is 7.23. The molecule has 3 N–H and O–H groups in total. The zero-order chi connectivity index (χ0) is 31.5. The molecule has 0 unspecified atom stereocenters. The predicted octanol–water partition coefficient (Wildman–Crippen LogP) is 0.454. The molecule has 0 radical (unpaired) electrons. The number of nitrogens with one attached hydrogen (secondary N) is 1. The first-order valence-electron chi connectivity index (χ1n) is 14.8. The number of nitrogens with two attached hydrogens (primary N) is 1. The van der Waals surface area contributed by atoms with E-state index in [1.165, 1.54) is 20.8 Å². The summed E-state index contributed by atoms with van der Waals surface area (Å²) in [7, 11) is 1.59. The van der Waals surface area contributed by atoms with E-state index in [1.807, 2.05) is 0 Å². The fraction of sp³-hybridized carbons (Fsp3) is 0.536. The molecule has 0 atom stereocenters. The van der Waals surface area contributed by atoms with E-state index in [0.29, 0.717) is 63.0 Å². The molecule has 0 saturated carbocycles. The molecule has 2 aromatic heterocycles. The number of aromatic nitrogens is 5. The van der Waals surface area contributed by atoms with E-state index in [4.69, 9.17) is 15.2 Å². The Hall–Kier alpha value is -4.51. The van der Waals surface area contributed by atoms with E-state index in [0.717, 1.165) is 0 Å². The van der Waals surface area contributed by atoms with E-state index in [1.54, 1.807) is 7.05 Å². The lowest BCUT2D eigenvalue weighted by Crippen LogP contribution is -2.48. The maximum Gasteiger partial charge on any atom is 0.416 e. The van der Waals surface area contributed by atoms with Crippen LogP contribution in [0.2, 0.25) is 0 Å². The molecule has 4 aliphatic rings. The van der Waals surface area contributed by atoms with Crippen LogP contribution in [-0.4, -0.2) is 111 Å². The average molecular weight is 627 g/mol. The number of rotatable bonds is 7. The number of ether oxygens (including phenoxy) is 2. The molecular weight excluding hydrogens is 594 g/mol. The second-order valence-electron chi connectivity index (χ2n) is 12.0. The molecule has 1 spiro atoms. The van der Waals surface area contributed by atoms with Crippen LogP contribution in [-0.2, 0) is 33.7 Å². The summed E-state index contributed by atoms with van der Waals surface area (Å²) in [5, 5.41) is 11.0. The summed E-state index contributed by atoms with van der Waals surface area (Å²) in [4.78, 5) is 51.0. The number of hydrogen-bond donors (Lipinski definition) is 2. The lowest BCUT2D eigenvalue weighted by Gasteiger charge is -2.38. The van der Waals surface area contributed by atoms with E-state index in [-0.39, 0.29) is 72.5 Å². The summed E-state index contributed by atoms with van der Waals surface area (Å²) in [6.45, 7) is 2.40. The molecule has 7 rings (SSSR count). The van der Waals surface area contributed by atoms with Gasteiger partial charge in [0.15, 0.2) is 40.9 Å². The van der Waals surface area contributed by atoms with Gasteiger partial charge >= 0.3 is 6.09 Å². The van der Waals surface area contributed by atoms with E-state index < -0.39 is 23.3 Å².